The fourth-order valence-electron chi connectivity index (χ4n) is 3.92. The second-order valence-electron chi connectivity index (χ2n) is 8.24. The van der Waals surface area contributed by atoms with E-state index < -0.39 is 0 Å². The number of aryl methyl sites for hydroxylation is 2. The monoisotopic (exact) mass is 428 g/mol. The molecule has 5 nitrogen and oxygen atoms in total. The van der Waals surface area contributed by atoms with Gasteiger partial charge in [-0.1, -0.05) is 48.0 Å². The van der Waals surface area contributed by atoms with Crippen molar-refractivity contribution in [3.63, 3.8) is 0 Å². The van der Waals surface area contributed by atoms with Crippen LogP contribution in [0, 0.1) is 12.8 Å². The Balaban J connectivity index is 1.31. The van der Waals surface area contributed by atoms with Crippen LogP contribution in [0.3, 0.4) is 0 Å². The fourth-order valence-corrected chi connectivity index (χ4v) is 3.92. The lowest BCUT2D eigenvalue weighted by molar-refractivity contribution is -0.126. The zero-order chi connectivity index (χ0) is 22.3. The third kappa shape index (κ3) is 5.55. The van der Waals surface area contributed by atoms with Gasteiger partial charge in [-0.2, -0.15) is 0 Å². The van der Waals surface area contributed by atoms with Crippen molar-refractivity contribution in [1.29, 1.82) is 0 Å². The van der Waals surface area contributed by atoms with Gasteiger partial charge in [-0.25, -0.2) is 0 Å². The molecule has 4 rings (SSSR count). The summed E-state index contributed by atoms with van der Waals surface area (Å²) in [5.41, 5.74) is 4.56. The molecule has 32 heavy (non-hydrogen) atoms. The second kappa shape index (κ2) is 10.1. The van der Waals surface area contributed by atoms with Gasteiger partial charge in [0.2, 0.25) is 5.91 Å². The van der Waals surface area contributed by atoms with Crippen LogP contribution in [-0.2, 0) is 17.6 Å². The normalized spacial score (nSPS) is 14.7. The summed E-state index contributed by atoms with van der Waals surface area (Å²) >= 11 is 0. The van der Waals surface area contributed by atoms with Gasteiger partial charge in [0.05, 0.1) is 5.92 Å². The van der Waals surface area contributed by atoms with Gasteiger partial charge in [0, 0.05) is 17.8 Å². The molecule has 164 valence electrons. The Morgan fingerprint density at radius 3 is 2.66 bits per heavy atom. The Bertz CT molecular complexity index is 1100. The van der Waals surface area contributed by atoms with Crippen LogP contribution < -0.4 is 15.4 Å². The van der Waals surface area contributed by atoms with E-state index in [4.69, 9.17) is 4.74 Å². The van der Waals surface area contributed by atoms with Crippen molar-refractivity contribution in [3.8, 4) is 5.75 Å². The van der Waals surface area contributed by atoms with Crippen molar-refractivity contribution < 1.29 is 14.3 Å². The molecule has 0 spiro atoms. The average Bonchev–Trinajstić information content (AvgIpc) is 2.82. The molecular weight excluding hydrogens is 400 g/mol. The summed E-state index contributed by atoms with van der Waals surface area (Å²) < 4.78 is 5.82. The van der Waals surface area contributed by atoms with Crippen LogP contribution in [0.4, 0.5) is 5.69 Å². The zero-order valence-electron chi connectivity index (χ0n) is 18.3. The Morgan fingerprint density at radius 1 is 1.00 bits per heavy atom. The minimum atomic E-state index is -0.234. The Hall–Kier alpha value is -3.60. The number of anilines is 1. The number of hydrogen-bond acceptors (Lipinski definition) is 3. The topological polar surface area (TPSA) is 67.4 Å². The molecule has 0 fully saturated rings. The molecule has 0 bridgehead atoms. The van der Waals surface area contributed by atoms with Crippen molar-refractivity contribution in [2.45, 2.75) is 26.2 Å². The molecule has 5 heteroatoms. The number of nitrogens with one attached hydrogen (secondary N) is 2. The molecule has 0 aliphatic carbocycles. The molecule has 3 aromatic rings. The lowest BCUT2D eigenvalue weighted by Gasteiger charge is -2.25. The summed E-state index contributed by atoms with van der Waals surface area (Å²) in [6, 6.07) is 23.3. The van der Waals surface area contributed by atoms with Crippen molar-refractivity contribution in [2.24, 2.45) is 5.92 Å². The summed E-state index contributed by atoms with van der Waals surface area (Å²) in [6.45, 7) is 2.97. The average molecular weight is 429 g/mol. The minimum Gasteiger partial charge on any atom is -0.492 e. The smallest absolute Gasteiger partial charge is 0.255 e. The number of hydrogen-bond donors (Lipinski definition) is 2. The van der Waals surface area contributed by atoms with E-state index in [0.717, 1.165) is 29.7 Å². The number of carbonyl (C=O) groups is 2. The molecule has 0 aromatic heterocycles. The first-order chi connectivity index (χ1) is 15.6. The highest BCUT2D eigenvalue weighted by molar-refractivity contribution is 6.04. The maximum Gasteiger partial charge on any atom is 0.255 e. The van der Waals surface area contributed by atoms with Crippen LogP contribution in [-0.4, -0.2) is 25.0 Å². The summed E-state index contributed by atoms with van der Waals surface area (Å²) in [7, 11) is 0. The van der Waals surface area contributed by atoms with Crippen LogP contribution in [0.1, 0.15) is 33.5 Å². The van der Waals surface area contributed by atoms with E-state index in [1.165, 1.54) is 5.56 Å². The van der Waals surface area contributed by atoms with Crippen molar-refractivity contribution in [3.05, 3.63) is 95.1 Å². The molecule has 2 N–H and O–H groups in total. The predicted molar refractivity (Wildman–Crippen MR) is 126 cm³/mol. The number of carbonyl (C=O) groups excluding carboxylic acids is 2. The standard InChI is InChI=1S/C27H28N2O3/c1-19-7-5-11-21(15-19)27(31)29-24-12-13-25-22(17-24)16-23(18-32-25)26(30)28-14-6-10-20-8-3-2-4-9-20/h2-5,7-9,11-13,15,17,23H,6,10,14,16,18H2,1H3,(H,28,30)(H,29,31). The third-order valence-corrected chi connectivity index (χ3v) is 5.66. The van der Waals surface area contributed by atoms with E-state index in [-0.39, 0.29) is 17.7 Å². The van der Waals surface area contributed by atoms with Gasteiger partial charge in [0.1, 0.15) is 12.4 Å². The maximum absolute atomic E-state index is 12.6. The number of rotatable bonds is 7. The van der Waals surface area contributed by atoms with Crippen LogP contribution in [0.5, 0.6) is 5.75 Å². The molecule has 0 radical (unpaired) electrons. The van der Waals surface area contributed by atoms with Crippen LogP contribution >= 0.6 is 0 Å². The molecule has 0 saturated heterocycles. The molecule has 1 aliphatic heterocycles. The predicted octanol–water partition coefficient (Wildman–Crippen LogP) is 4.55. The first-order valence-electron chi connectivity index (χ1n) is 11.0. The Labute approximate surface area is 188 Å². The first-order valence-corrected chi connectivity index (χ1v) is 11.0. The van der Waals surface area contributed by atoms with Gasteiger partial charge in [0.15, 0.2) is 0 Å². The van der Waals surface area contributed by atoms with Crippen LogP contribution in [0.15, 0.2) is 72.8 Å². The van der Waals surface area contributed by atoms with Gasteiger partial charge in [-0.05, 0) is 67.6 Å². The highest BCUT2D eigenvalue weighted by atomic mass is 16.5. The van der Waals surface area contributed by atoms with E-state index >= 15 is 0 Å². The number of amides is 2. The Kier molecular flexibility index (Phi) is 6.85. The summed E-state index contributed by atoms with van der Waals surface area (Å²) in [5.74, 6) is 0.393. The molecule has 2 amide bonds. The van der Waals surface area contributed by atoms with Crippen molar-refractivity contribution in [1.82, 2.24) is 5.32 Å². The van der Waals surface area contributed by atoms with Crippen molar-refractivity contribution in [2.75, 3.05) is 18.5 Å². The third-order valence-electron chi connectivity index (χ3n) is 5.66. The number of ether oxygens (including phenoxy) is 1. The molecular formula is C27H28N2O3. The van der Waals surface area contributed by atoms with E-state index in [2.05, 4.69) is 22.8 Å². The number of benzene rings is 3. The van der Waals surface area contributed by atoms with E-state index in [1.807, 2.05) is 61.5 Å². The first kappa shape index (κ1) is 21.6. The zero-order valence-corrected chi connectivity index (χ0v) is 18.3. The quantitative estimate of drug-likeness (QED) is 0.543. The maximum atomic E-state index is 12.6. The fraction of sp³-hybridized carbons (Fsp3) is 0.259. The molecule has 1 heterocycles. The van der Waals surface area contributed by atoms with Gasteiger partial charge in [-0.15, -0.1) is 0 Å². The highest BCUT2D eigenvalue weighted by Crippen LogP contribution is 2.30. The largest absolute Gasteiger partial charge is 0.492 e. The van der Waals surface area contributed by atoms with Crippen LogP contribution in [0.25, 0.3) is 0 Å². The SMILES string of the molecule is Cc1cccc(C(=O)Nc2ccc3c(c2)CC(C(=O)NCCCc2ccccc2)CO3)c1. The lowest BCUT2D eigenvalue weighted by Crippen LogP contribution is -2.37. The van der Waals surface area contributed by atoms with Crippen molar-refractivity contribution >= 4 is 17.5 Å². The lowest BCUT2D eigenvalue weighted by atomic mass is 9.95. The van der Waals surface area contributed by atoms with Gasteiger partial charge < -0.3 is 15.4 Å². The highest BCUT2D eigenvalue weighted by Gasteiger charge is 2.26. The molecule has 1 unspecified atom stereocenters. The minimum absolute atomic E-state index is 0.0120. The van der Waals surface area contributed by atoms with Gasteiger partial charge >= 0.3 is 0 Å². The van der Waals surface area contributed by atoms with Crippen LogP contribution in [0.2, 0.25) is 0 Å². The number of fused-ring (bicyclic) bond motifs is 1. The molecule has 1 atom stereocenters. The molecule has 0 saturated carbocycles. The molecule has 1 aliphatic rings. The van der Waals surface area contributed by atoms with E-state index in [0.29, 0.717) is 30.8 Å². The Morgan fingerprint density at radius 2 is 1.84 bits per heavy atom. The second-order valence-corrected chi connectivity index (χ2v) is 8.24. The van der Waals surface area contributed by atoms with Gasteiger partial charge in [-0.3, -0.25) is 9.59 Å². The van der Waals surface area contributed by atoms with E-state index in [1.54, 1.807) is 6.07 Å². The summed E-state index contributed by atoms with van der Waals surface area (Å²) in [6.07, 6.45) is 2.43. The summed E-state index contributed by atoms with van der Waals surface area (Å²) in [4.78, 5) is 25.2. The van der Waals surface area contributed by atoms with E-state index in [9.17, 15) is 9.59 Å². The van der Waals surface area contributed by atoms with Gasteiger partial charge in [0.25, 0.3) is 5.91 Å². The molecule has 3 aromatic carbocycles. The summed E-state index contributed by atoms with van der Waals surface area (Å²) in [5, 5.41) is 5.98.